The van der Waals surface area contributed by atoms with Gasteiger partial charge in [0.1, 0.15) is 11.5 Å². The van der Waals surface area contributed by atoms with Crippen LogP contribution in [0.25, 0.3) is 0 Å². The molecule has 2 N–H and O–H groups in total. The molecule has 7 nitrogen and oxygen atoms in total. The number of hydrogen-bond donors (Lipinski definition) is 2. The minimum atomic E-state index is -3.59. The summed E-state index contributed by atoms with van der Waals surface area (Å²) in [6, 6.07) is 10.5. The zero-order valence-corrected chi connectivity index (χ0v) is 15.9. The lowest BCUT2D eigenvalue weighted by atomic mass is 10.2. The molecular weight excluding hydrogens is 356 g/mol. The smallest absolute Gasteiger partial charge is 0.255 e. The number of sulfonamides is 1. The highest BCUT2D eigenvalue weighted by molar-refractivity contribution is 7.89. The Labute approximate surface area is 153 Å². The van der Waals surface area contributed by atoms with Crippen molar-refractivity contribution in [2.75, 3.05) is 19.5 Å². The van der Waals surface area contributed by atoms with Gasteiger partial charge in [0.05, 0.1) is 24.8 Å². The zero-order valence-electron chi connectivity index (χ0n) is 15.1. The van der Waals surface area contributed by atoms with E-state index in [9.17, 15) is 13.2 Å². The number of methoxy groups -OCH3 is 2. The highest BCUT2D eigenvalue weighted by Crippen LogP contribution is 2.29. The fourth-order valence-electron chi connectivity index (χ4n) is 2.26. The predicted molar refractivity (Wildman–Crippen MR) is 99.4 cm³/mol. The van der Waals surface area contributed by atoms with Crippen LogP contribution in [0.2, 0.25) is 0 Å². The number of carbonyl (C=O) groups is 1. The first-order chi connectivity index (χ1) is 12.3. The molecule has 0 aliphatic rings. The molecule has 1 amide bonds. The maximum Gasteiger partial charge on any atom is 0.255 e. The van der Waals surface area contributed by atoms with Gasteiger partial charge < -0.3 is 14.8 Å². The maximum atomic E-state index is 12.4. The van der Waals surface area contributed by atoms with Crippen molar-refractivity contribution in [3.05, 3.63) is 48.0 Å². The lowest BCUT2D eigenvalue weighted by Gasteiger charge is -2.12. The first kappa shape index (κ1) is 19.7. The van der Waals surface area contributed by atoms with Crippen molar-refractivity contribution in [3.8, 4) is 11.5 Å². The summed E-state index contributed by atoms with van der Waals surface area (Å²) in [5.74, 6) is 0.680. The zero-order chi connectivity index (χ0) is 19.3. The molecule has 0 saturated heterocycles. The molecule has 140 valence electrons. The van der Waals surface area contributed by atoms with Crippen LogP contribution in [0.1, 0.15) is 24.2 Å². The lowest BCUT2D eigenvalue weighted by Crippen LogP contribution is -2.30. The summed E-state index contributed by atoms with van der Waals surface area (Å²) in [4.78, 5) is 12.5. The number of anilines is 1. The van der Waals surface area contributed by atoms with E-state index in [1.54, 1.807) is 32.0 Å². The van der Waals surface area contributed by atoms with Crippen molar-refractivity contribution in [3.63, 3.8) is 0 Å². The molecule has 26 heavy (non-hydrogen) atoms. The molecule has 8 heteroatoms. The predicted octanol–water partition coefficient (Wildman–Crippen LogP) is 2.64. The van der Waals surface area contributed by atoms with Crippen molar-refractivity contribution in [2.24, 2.45) is 0 Å². The number of amides is 1. The Morgan fingerprint density at radius 3 is 2.19 bits per heavy atom. The molecule has 2 aromatic rings. The van der Waals surface area contributed by atoms with Crippen LogP contribution in [0.5, 0.6) is 11.5 Å². The van der Waals surface area contributed by atoms with Gasteiger partial charge in [0.2, 0.25) is 10.0 Å². The van der Waals surface area contributed by atoms with E-state index in [4.69, 9.17) is 9.47 Å². The number of ether oxygens (including phenoxy) is 2. The maximum absolute atomic E-state index is 12.4. The second-order valence-electron chi connectivity index (χ2n) is 5.82. The van der Waals surface area contributed by atoms with Gasteiger partial charge in [-0.15, -0.1) is 0 Å². The largest absolute Gasteiger partial charge is 0.497 e. The molecule has 0 aromatic heterocycles. The van der Waals surface area contributed by atoms with Crippen LogP contribution in [0.3, 0.4) is 0 Å². The number of rotatable bonds is 7. The molecule has 0 heterocycles. The van der Waals surface area contributed by atoms with Crippen LogP contribution in [0, 0.1) is 0 Å². The Bertz CT molecular complexity index is 877. The molecule has 0 radical (unpaired) electrons. The first-order valence-electron chi connectivity index (χ1n) is 7.92. The van der Waals surface area contributed by atoms with Gasteiger partial charge in [-0.3, -0.25) is 4.79 Å². The third kappa shape index (κ3) is 4.74. The second kappa shape index (κ2) is 8.20. The minimum absolute atomic E-state index is 0.102. The van der Waals surface area contributed by atoms with E-state index in [0.717, 1.165) is 0 Å². The summed E-state index contributed by atoms with van der Waals surface area (Å²) < 4.78 is 37.1. The summed E-state index contributed by atoms with van der Waals surface area (Å²) in [7, 11) is -0.565. The molecule has 0 atom stereocenters. The summed E-state index contributed by atoms with van der Waals surface area (Å²) in [5.41, 5.74) is 0.808. The van der Waals surface area contributed by atoms with Crippen LogP contribution < -0.4 is 19.5 Å². The van der Waals surface area contributed by atoms with E-state index in [-0.39, 0.29) is 16.8 Å². The Morgan fingerprint density at radius 1 is 1.00 bits per heavy atom. The van der Waals surface area contributed by atoms with E-state index in [2.05, 4.69) is 10.0 Å². The third-order valence-corrected chi connectivity index (χ3v) is 5.15. The Balaban J connectivity index is 2.18. The van der Waals surface area contributed by atoms with Crippen LogP contribution >= 0.6 is 0 Å². The van der Waals surface area contributed by atoms with E-state index >= 15 is 0 Å². The van der Waals surface area contributed by atoms with Crippen LogP contribution in [0.15, 0.2) is 47.4 Å². The van der Waals surface area contributed by atoms with Gasteiger partial charge in [0, 0.05) is 17.7 Å². The van der Waals surface area contributed by atoms with Crippen LogP contribution in [-0.4, -0.2) is 34.6 Å². The van der Waals surface area contributed by atoms with E-state index in [1.165, 1.54) is 38.5 Å². The van der Waals surface area contributed by atoms with Gasteiger partial charge in [0.15, 0.2) is 0 Å². The average Bonchev–Trinajstić information content (AvgIpc) is 2.61. The Kier molecular flexibility index (Phi) is 6.23. The van der Waals surface area contributed by atoms with Crippen molar-refractivity contribution in [1.29, 1.82) is 0 Å². The number of carbonyl (C=O) groups excluding carboxylic acids is 1. The topological polar surface area (TPSA) is 93.7 Å². The van der Waals surface area contributed by atoms with Crippen LogP contribution in [0.4, 0.5) is 5.69 Å². The molecule has 0 aliphatic carbocycles. The van der Waals surface area contributed by atoms with Gasteiger partial charge in [0.25, 0.3) is 5.91 Å². The van der Waals surface area contributed by atoms with E-state index in [1.807, 2.05) is 0 Å². The highest BCUT2D eigenvalue weighted by Gasteiger charge is 2.16. The standard InChI is InChI=1S/C18H22N2O5S/c1-12(2)20-26(22,23)15-8-5-13(6-9-15)18(21)19-16-10-7-14(24-3)11-17(16)25-4/h5-12,20H,1-4H3,(H,19,21). The lowest BCUT2D eigenvalue weighted by molar-refractivity contribution is 0.102. The quantitative estimate of drug-likeness (QED) is 0.772. The van der Waals surface area contributed by atoms with Crippen molar-refractivity contribution >= 4 is 21.6 Å². The molecule has 0 bridgehead atoms. The molecule has 2 aromatic carbocycles. The first-order valence-corrected chi connectivity index (χ1v) is 9.41. The number of nitrogens with one attached hydrogen (secondary N) is 2. The fourth-order valence-corrected chi connectivity index (χ4v) is 3.51. The normalized spacial score (nSPS) is 11.3. The summed E-state index contributed by atoms with van der Waals surface area (Å²) in [6.45, 7) is 3.48. The van der Waals surface area contributed by atoms with Crippen molar-refractivity contribution in [2.45, 2.75) is 24.8 Å². The Hall–Kier alpha value is -2.58. The van der Waals surface area contributed by atoms with E-state index in [0.29, 0.717) is 22.7 Å². The van der Waals surface area contributed by atoms with Gasteiger partial charge >= 0.3 is 0 Å². The third-order valence-electron chi connectivity index (χ3n) is 3.47. The summed E-state index contributed by atoms with van der Waals surface area (Å²) in [5, 5.41) is 2.73. The number of hydrogen-bond acceptors (Lipinski definition) is 5. The molecule has 2 rings (SSSR count). The van der Waals surface area contributed by atoms with Crippen molar-refractivity contribution in [1.82, 2.24) is 4.72 Å². The van der Waals surface area contributed by atoms with Gasteiger partial charge in [-0.1, -0.05) is 0 Å². The molecule has 0 unspecified atom stereocenters. The SMILES string of the molecule is COc1ccc(NC(=O)c2ccc(S(=O)(=O)NC(C)C)cc2)c(OC)c1. The summed E-state index contributed by atoms with van der Waals surface area (Å²) >= 11 is 0. The number of benzene rings is 2. The van der Waals surface area contributed by atoms with Gasteiger partial charge in [-0.05, 0) is 50.2 Å². The Morgan fingerprint density at radius 2 is 1.65 bits per heavy atom. The monoisotopic (exact) mass is 378 g/mol. The molecule has 0 spiro atoms. The molecule has 0 aliphatic heterocycles. The second-order valence-corrected chi connectivity index (χ2v) is 7.53. The van der Waals surface area contributed by atoms with E-state index < -0.39 is 10.0 Å². The van der Waals surface area contributed by atoms with Crippen molar-refractivity contribution < 1.29 is 22.7 Å². The van der Waals surface area contributed by atoms with Gasteiger partial charge in [-0.25, -0.2) is 13.1 Å². The summed E-state index contributed by atoms with van der Waals surface area (Å²) in [6.07, 6.45) is 0. The minimum Gasteiger partial charge on any atom is -0.497 e. The molecular formula is C18H22N2O5S. The fraction of sp³-hybridized carbons (Fsp3) is 0.278. The average molecular weight is 378 g/mol. The van der Waals surface area contributed by atoms with Gasteiger partial charge in [-0.2, -0.15) is 0 Å². The highest BCUT2D eigenvalue weighted by atomic mass is 32.2. The van der Waals surface area contributed by atoms with Crippen LogP contribution in [-0.2, 0) is 10.0 Å². The molecule has 0 saturated carbocycles. The molecule has 0 fully saturated rings.